The van der Waals surface area contributed by atoms with E-state index in [4.69, 9.17) is 0 Å². The summed E-state index contributed by atoms with van der Waals surface area (Å²) in [5.74, 6) is 0.635. The van der Waals surface area contributed by atoms with E-state index in [0.29, 0.717) is 5.56 Å². The lowest BCUT2D eigenvalue weighted by Crippen LogP contribution is -2.24. The molecule has 0 aliphatic rings. The highest BCUT2D eigenvalue weighted by molar-refractivity contribution is 9.10. The van der Waals surface area contributed by atoms with Crippen LogP contribution < -0.4 is 5.32 Å². The number of hydrogen-bond donors (Lipinski definition) is 2. The average molecular weight is 312 g/mol. The Labute approximate surface area is 114 Å². The SMILES string of the molecule is CC(NC(C)c1ccc(Br)cc1F)c1ncc[nH]1. The molecule has 1 aromatic heterocycles. The minimum atomic E-state index is -0.212. The van der Waals surface area contributed by atoms with E-state index in [1.165, 1.54) is 6.07 Å². The van der Waals surface area contributed by atoms with Gasteiger partial charge in [0.2, 0.25) is 0 Å². The van der Waals surface area contributed by atoms with Crippen molar-refractivity contribution in [2.75, 3.05) is 0 Å². The van der Waals surface area contributed by atoms with Crippen molar-refractivity contribution in [2.24, 2.45) is 0 Å². The van der Waals surface area contributed by atoms with Gasteiger partial charge in [-0.15, -0.1) is 0 Å². The van der Waals surface area contributed by atoms with Crippen LogP contribution in [0.4, 0.5) is 4.39 Å². The minimum absolute atomic E-state index is 0.0399. The number of benzene rings is 1. The van der Waals surface area contributed by atoms with Crippen LogP contribution in [0, 0.1) is 5.82 Å². The summed E-state index contributed by atoms with van der Waals surface area (Å²) in [6, 6.07) is 5.06. The summed E-state index contributed by atoms with van der Waals surface area (Å²) in [4.78, 5) is 7.22. The van der Waals surface area contributed by atoms with Gasteiger partial charge in [-0.3, -0.25) is 0 Å². The van der Waals surface area contributed by atoms with Crippen LogP contribution in [0.5, 0.6) is 0 Å². The summed E-state index contributed by atoms with van der Waals surface area (Å²) in [6.07, 6.45) is 3.48. The van der Waals surface area contributed by atoms with Crippen molar-refractivity contribution in [2.45, 2.75) is 25.9 Å². The van der Waals surface area contributed by atoms with Crippen LogP contribution in [-0.2, 0) is 0 Å². The smallest absolute Gasteiger partial charge is 0.129 e. The Morgan fingerprint density at radius 3 is 2.72 bits per heavy atom. The number of hydrogen-bond acceptors (Lipinski definition) is 2. The monoisotopic (exact) mass is 311 g/mol. The van der Waals surface area contributed by atoms with Crippen molar-refractivity contribution in [1.29, 1.82) is 0 Å². The number of aromatic amines is 1. The zero-order valence-electron chi connectivity index (χ0n) is 10.2. The van der Waals surface area contributed by atoms with E-state index in [9.17, 15) is 4.39 Å². The zero-order valence-corrected chi connectivity index (χ0v) is 11.8. The van der Waals surface area contributed by atoms with Gasteiger partial charge in [-0.25, -0.2) is 9.37 Å². The van der Waals surface area contributed by atoms with E-state index < -0.39 is 0 Å². The van der Waals surface area contributed by atoms with Crippen molar-refractivity contribution in [3.8, 4) is 0 Å². The van der Waals surface area contributed by atoms with Crippen molar-refractivity contribution < 1.29 is 4.39 Å². The molecule has 2 rings (SSSR count). The first-order valence-electron chi connectivity index (χ1n) is 5.78. The van der Waals surface area contributed by atoms with Gasteiger partial charge in [-0.2, -0.15) is 0 Å². The molecule has 0 radical (unpaired) electrons. The Hall–Kier alpha value is -1.20. The molecule has 5 heteroatoms. The van der Waals surface area contributed by atoms with Gasteiger partial charge < -0.3 is 10.3 Å². The summed E-state index contributed by atoms with van der Waals surface area (Å²) in [5, 5.41) is 3.31. The summed E-state index contributed by atoms with van der Waals surface area (Å²) >= 11 is 3.25. The molecule has 0 saturated carbocycles. The van der Waals surface area contributed by atoms with Crippen LogP contribution in [0.1, 0.15) is 37.3 Å². The predicted octanol–water partition coefficient (Wildman–Crippen LogP) is 3.72. The first-order chi connectivity index (χ1) is 8.58. The third-order valence-electron chi connectivity index (χ3n) is 2.86. The predicted molar refractivity (Wildman–Crippen MR) is 72.7 cm³/mol. The maximum Gasteiger partial charge on any atom is 0.129 e. The van der Waals surface area contributed by atoms with E-state index in [2.05, 4.69) is 31.2 Å². The highest BCUT2D eigenvalue weighted by Gasteiger charge is 2.15. The third kappa shape index (κ3) is 2.97. The van der Waals surface area contributed by atoms with Crippen molar-refractivity contribution >= 4 is 15.9 Å². The van der Waals surface area contributed by atoms with Crippen LogP contribution in [-0.4, -0.2) is 9.97 Å². The fourth-order valence-corrected chi connectivity index (χ4v) is 2.24. The molecular weight excluding hydrogens is 297 g/mol. The van der Waals surface area contributed by atoms with Crippen LogP contribution in [0.3, 0.4) is 0 Å². The zero-order chi connectivity index (χ0) is 13.1. The van der Waals surface area contributed by atoms with Crippen molar-refractivity contribution in [1.82, 2.24) is 15.3 Å². The number of halogens is 2. The Bertz CT molecular complexity index is 513. The van der Waals surface area contributed by atoms with Crippen LogP contribution in [0.15, 0.2) is 35.1 Å². The molecule has 0 amide bonds. The van der Waals surface area contributed by atoms with Gasteiger partial charge in [-0.05, 0) is 26.0 Å². The lowest BCUT2D eigenvalue weighted by molar-refractivity contribution is 0.462. The molecule has 2 unspecified atom stereocenters. The second kappa shape index (κ2) is 5.63. The van der Waals surface area contributed by atoms with Gasteiger partial charge in [-0.1, -0.05) is 22.0 Å². The minimum Gasteiger partial charge on any atom is -0.347 e. The number of imidazole rings is 1. The largest absolute Gasteiger partial charge is 0.347 e. The second-order valence-corrected chi connectivity index (χ2v) is 5.17. The number of nitrogens with zero attached hydrogens (tertiary/aromatic N) is 1. The highest BCUT2D eigenvalue weighted by Crippen LogP contribution is 2.22. The summed E-state index contributed by atoms with van der Waals surface area (Å²) in [7, 11) is 0. The first-order valence-corrected chi connectivity index (χ1v) is 6.57. The lowest BCUT2D eigenvalue weighted by Gasteiger charge is -2.19. The molecular formula is C13H15BrFN3. The molecule has 0 spiro atoms. The molecule has 0 saturated heterocycles. The Kier molecular flexibility index (Phi) is 4.14. The normalized spacial score (nSPS) is 14.4. The summed E-state index contributed by atoms with van der Waals surface area (Å²) < 4.78 is 14.5. The molecule has 0 bridgehead atoms. The molecule has 96 valence electrons. The van der Waals surface area contributed by atoms with E-state index in [1.807, 2.05) is 19.9 Å². The van der Waals surface area contributed by atoms with Crippen LogP contribution in [0.25, 0.3) is 0 Å². The highest BCUT2D eigenvalue weighted by atomic mass is 79.9. The first kappa shape index (κ1) is 13.2. The third-order valence-corrected chi connectivity index (χ3v) is 3.35. The number of H-pyrrole nitrogens is 1. The molecule has 18 heavy (non-hydrogen) atoms. The fourth-order valence-electron chi connectivity index (χ4n) is 1.91. The number of aromatic nitrogens is 2. The van der Waals surface area contributed by atoms with Crippen LogP contribution in [0.2, 0.25) is 0 Å². The summed E-state index contributed by atoms with van der Waals surface area (Å²) in [5.41, 5.74) is 0.650. The topological polar surface area (TPSA) is 40.7 Å². The van der Waals surface area contributed by atoms with E-state index in [-0.39, 0.29) is 17.9 Å². The Balaban J connectivity index is 2.10. The lowest BCUT2D eigenvalue weighted by atomic mass is 10.1. The standard InChI is InChI=1S/C13H15BrFN3/c1-8(11-4-3-10(14)7-12(11)15)18-9(2)13-16-5-6-17-13/h3-9,18H,1-2H3,(H,16,17). The number of rotatable bonds is 4. The molecule has 1 aromatic carbocycles. The molecule has 0 fully saturated rings. The van der Waals surface area contributed by atoms with Gasteiger partial charge in [0.25, 0.3) is 0 Å². The molecule has 0 aliphatic carbocycles. The average Bonchev–Trinajstić information content (AvgIpc) is 2.81. The summed E-state index contributed by atoms with van der Waals surface area (Å²) in [6.45, 7) is 3.93. The van der Waals surface area contributed by atoms with Gasteiger partial charge in [0.1, 0.15) is 11.6 Å². The molecule has 2 N–H and O–H groups in total. The molecule has 2 atom stereocenters. The maximum atomic E-state index is 13.8. The van der Waals surface area contributed by atoms with E-state index >= 15 is 0 Å². The Morgan fingerprint density at radius 1 is 1.33 bits per heavy atom. The van der Waals surface area contributed by atoms with Gasteiger partial charge in [0.15, 0.2) is 0 Å². The molecule has 3 nitrogen and oxygen atoms in total. The molecule has 2 aromatic rings. The van der Waals surface area contributed by atoms with Gasteiger partial charge in [0, 0.05) is 28.5 Å². The van der Waals surface area contributed by atoms with Crippen molar-refractivity contribution in [3.05, 3.63) is 52.3 Å². The van der Waals surface area contributed by atoms with Gasteiger partial charge in [0.05, 0.1) is 6.04 Å². The van der Waals surface area contributed by atoms with Crippen molar-refractivity contribution in [3.63, 3.8) is 0 Å². The van der Waals surface area contributed by atoms with Gasteiger partial charge >= 0.3 is 0 Å². The second-order valence-electron chi connectivity index (χ2n) is 4.25. The van der Waals surface area contributed by atoms with E-state index in [1.54, 1.807) is 18.5 Å². The Morgan fingerprint density at radius 2 is 2.11 bits per heavy atom. The van der Waals surface area contributed by atoms with E-state index in [0.717, 1.165) is 10.3 Å². The quantitative estimate of drug-likeness (QED) is 0.903. The number of nitrogens with one attached hydrogen (secondary N) is 2. The maximum absolute atomic E-state index is 13.8. The molecule has 1 heterocycles. The fraction of sp³-hybridized carbons (Fsp3) is 0.308. The molecule has 0 aliphatic heterocycles. The van der Waals surface area contributed by atoms with Crippen LogP contribution >= 0.6 is 15.9 Å².